The average Bonchev–Trinajstić information content (AvgIpc) is 3.00. The molecule has 1 saturated carbocycles. The van der Waals surface area contributed by atoms with Crippen LogP contribution in [-0.4, -0.2) is 21.7 Å². The Morgan fingerprint density at radius 1 is 1.40 bits per heavy atom. The van der Waals surface area contributed by atoms with Crippen molar-refractivity contribution in [3.63, 3.8) is 0 Å². The smallest absolute Gasteiger partial charge is 0.290 e. The minimum absolute atomic E-state index is 0.0397. The zero-order valence-corrected chi connectivity index (χ0v) is 14.6. The Balaban J connectivity index is 1.78. The maximum absolute atomic E-state index is 12.4. The van der Waals surface area contributed by atoms with Gasteiger partial charge in [-0.25, -0.2) is 4.68 Å². The molecule has 0 aliphatic heterocycles. The second-order valence-corrected chi connectivity index (χ2v) is 6.79. The summed E-state index contributed by atoms with van der Waals surface area (Å²) in [5.74, 6) is 1.47. The topological polar surface area (TPSA) is 103 Å². The summed E-state index contributed by atoms with van der Waals surface area (Å²) in [6.07, 6.45) is 4.41. The summed E-state index contributed by atoms with van der Waals surface area (Å²) in [6.45, 7) is 3.81. The maximum Gasteiger partial charge on any atom is 0.290 e. The summed E-state index contributed by atoms with van der Waals surface area (Å²) in [6, 6.07) is 5.19. The molecule has 2 atom stereocenters. The largest absolute Gasteiger partial charge is 0.460 e. The Morgan fingerprint density at radius 2 is 2.16 bits per heavy atom. The van der Waals surface area contributed by atoms with E-state index in [2.05, 4.69) is 17.3 Å². The van der Waals surface area contributed by atoms with Crippen molar-refractivity contribution in [2.75, 3.05) is 5.73 Å². The molecule has 0 radical (unpaired) electrons. The SMILES string of the molecule is Cc1ccc(-c2cc(N)c(=O)n(CC(=O)N[C@@H]3CCCC[C@@H]3C)n2)o1. The summed E-state index contributed by atoms with van der Waals surface area (Å²) < 4.78 is 6.63. The number of rotatable bonds is 4. The predicted molar refractivity (Wildman–Crippen MR) is 94.9 cm³/mol. The van der Waals surface area contributed by atoms with Crippen molar-refractivity contribution in [2.24, 2.45) is 5.92 Å². The van der Waals surface area contributed by atoms with Crippen LogP contribution in [0, 0.1) is 12.8 Å². The molecule has 7 heteroatoms. The number of nitrogen functional groups attached to an aromatic ring is 1. The third-order valence-electron chi connectivity index (χ3n) is 4.75. The van der Waals surface area contributed by atoms with E-state index in [1.807, 2.05) is 6.92 Å². The van der Waals surface area contributed by atoms with Gasteiger partial charge in [-0.05, 0) is 43.9 Å². The molecule has 2 heterocycles. The fourth-order valence-corrected chi connectivity index (χ4v) is 3.28. The van der Waals surface area contributed by atoms with Crippen molar-refractivity contribution < 1.29 is 9.21 Å². The molecule has 1 aliphatic carbocycles. The molecule has 2 aromatic heterocycles. The molecular weight excluding hydrogens is 320 g/mol. The third-order valence-corrected chi connectivity index (χ3v) is 4.75. The maximum atomic E-state index is 12.4. The fourth-order valence-electron chi connectivity index (χ4n) is 3.28. The summed E-state index contributed by atoms with van der Waals surface area (Å²) in [5, 5.41) is 7.26. The lowest BCUT2D eigenvalue weighted by atomic mass is 9.86. The van der Waals surface area contributed by atoms with E-state index >= 15 is 0 Å². The Hall–Kier alpha value is -2.57. The first kappa shape index (κ1) is 17.3. The van der Waals surface area contributed by atoms with Gasteiger partial charge in [-0.2, -0.15) is 5.10 Å². The van der Waals surface area contributed by atoms with Crippen molar-refractivity contribution in [2.45, 2.75) is 52.1 Å². The van der Waals surface area contributed by atoms with Crippen LogP contribution < -0.4 is 16.6 Å². The highest BCUT2D eigenvalue weighted by atomic mass is 16.3. The molecule has 1 fully saturated rings. The van der Waals surface area contributed by atoms with Crippen LogP contribution in [0.3, 0.4) is 0 Å². The number of hydrogen-bond acceptors (Lipinski definition) is 5. The summed E-state index contributed by atoms with van der Waals surface area (Å²) in [4.78, 5) is 24.6. The molecule has 134 valence electrons. The molecule has 25 heavy (non-hydrogen) atoms. The monoisotopic (exact) mass is 344 g/mol. The van der Waals surface area contributed by atoms with Gasteiger partial charge in [0.2, 0.25) is 5.91 Å². The highest BCUT2D eigenvalue weighted by Crippen LogP contribution is 2.23. The quantitative estimate of drug-likeness (QED) is 0.884. The van der Waals surface area contributed by atoms with Gasteiger partial charge in [-0.15, -0.1) is 0 Å². The first-order valence-corrected chi connectivity index (χ1v) is 8.68. The highest BCUT2D eigenvalue weighted by molar-refractivity contribution is 5.76. The van der Waals surface area contributed by atoms with Gasteiger partial charge in [0.05, 0.1) is 0 Å². The van der Waals surface area contributed by atoms with Gasteiger partial charge in [0.15, 0.2) is 5.76 Å². The molecule has 0 saturated heterocycles. The normalized spacial score (nSPS) is 20.4. The molecule has 1 aliphatic rings. The van der Waals surface area contributed by atoms with E-state index in [9.17, 15) is 9.59 Å². The molecule has 0 aromatic carbocycles. The van der Waals surface area contributed by atoms with Gasteiger partial charge < -0.3 is 15.5 Å². The van der Waals surface area contributed by atoms with Crippen molar-refractivity contribution in [1.29, 1.82) is 0 Å². The van der Waals surface area contributed by atoms with Gasteiger partial charge >= 0.3 is 0 Å². The first-order chi connectivity index (χ1) is 11.9. The minimum atomic E-state index is -0.473. The molecule has 0 spiro atoms. The van der Waals surface area contributed by atoms with Crippen molar-refractivity contribution >= 4 is 11.6 Å². The van der Waals surface area contributed by atoms with Gasteiger partial charge in [-0.1, -0.05) is 19.8 Å². The van der Waals surface area contributed by atoms with E-state index in [4.69, 9.17) is 10.2 Å². The van der Waals surface area contributed by atoms with Crippen LogP contribution in [-0.2, 0) is 11.3 Å². The van der Waals surface area contributed by atoms with E-state index in [1.54, 1.807) is 12.1 Å². The summed E-state index contributed by atoms with van der Waals surface area (Å²) >= 11 is 0. The number of amides is 1. The number of nitrogens with two attached hydrogens (primary N) is 1. The van der Waals surface area contributed by atoms with Gasteiger partial charge in [-0.3, -0.25) is 9.59 Å². The van der Waals surface area contributed by atoms with Crippen LogP contribution >= 0.6 is 0 Å². The number of nitrogens with zero attached hydrogens (tertiary/aromatic N) is 2. The number of hydrogen-bond donors (Lipinski definition) is 2. The highest BCUT2D eigenvalue weighted by Gasteiger charge is 2.23. The summed E-state index contributed by atoms with van der Waals surface area (Å²) in [5.41, 5.74) is 5.80. The van der Waals surface area contributed by atoms with Crippen molar-refractivity contribution in [3.8, 4) is 11.5 Å². The van der Waals surface area contributed by atoms with Crippen LogP contribution in [0.4, 0.5) is 5.69 Å². The number of carbonyl (C=O) groups excluding carboxylic acids is 1. The van der Waals surface area contributed by atoms with Crippen molar-refractivity contribution in [1.82, 2.24) is 15.1 Å². The lowest BCUT2D eigenvalue weighted by molar-refractivity contribution is -0.123. The molecule has 3 rings (SSSR count). The zero-order valence-electron chi connectivity index (χ0n) is 14.6. The number of aromatic nitrogens is 2. The van der Waals surface area contributed by atoms with Crippen molar-refractivity contribution in [3.05, 3.63) is 34.3 Å². The van der Waals surface area contributed by atoms with Crippen LogP contribution in [0.1, 0.15) is 38.4 Å². The first-order valence-electron chi connectivity index (χ1n) is 8.68. The van der Waals surface area contributed by atoms with Crippen LogP contribution in [0.15, 0.2) is 27.4 Å². The lowest BCUT2D eigenvalue weighted by Crippen LogP contribution is -2.44. The lowest BCUT2D eigenvalue weighted by Gasteiger charge is -2.29. The Labute approximate surface area is 146 Å². The molecular formula is C18H24N4O3. The number of aryl methyl sites for hydroxylation is 1. The van der Waals surface area contributed by atoms with Gasteiger partial charge in [0.25, 0.3) is 5.56 Å². The fraction of sp³-hybridized carbons (Fsp3) is 0.500. The van der Waals surface area contributed by atoms with Gasteiger partial charge in [0.1, 0.15) is 23.7 Å². The minimum Gasteiger partial charge on any atom is -0.460 e. The number of nitrogens with one attached hydrogen (secondary N) is 1. The summed E-state index contributed by atoms with van der Waals surface area (Å²) in [7, 11) is 0. The standard InChI is InChI=1S/C18H24N4O3/c1-11-5-3-4-6-14(11)20-17(23)10-22-18(24)13(19)9-15(21-22)16-8-7-12(2)25-16/h7-9,11,14H,3-6,10,19H2,1-2H3,(H,20,23)/t11-,14+/m0/s1. The van der Waals surface area contributed by atoms with E-state index in [1.165, 1.54) is 12.5 Å². The van der Waals surface area contributed by atoms with Gasteiger partial charge in [0, 0.05) is 6.04 Å². The predicted octanol–water partition coefficient (Wildman–Crippen LogP) is 2.09. The van der Waals surface area contributed by atoms with Crippen LogP contribution in [0.5, 0.6) is 0 Å². The van der Waals surface area contributed by atoms with E-state index in [0.717, 1.165) is 29.7 Å². The number of carbonyl (C=O) groups is 1. The second kappa shape index (κ2) is 7.13. The molecule has 7 nitrogen and oxygen atoms in total. The van der Waals surface area contributed by atoms with Crippen LogP contribution in [0.25, 0.3) is 11.5 Å². The Kier molecular flexibility index (Phi) is 4.92. The Morgan fingerprint density at radius 3 is 2.84 bits per heavy atom. The average molecular weight is 344 g/mol. The third kappa shape index (κ3) is 3.92. The second-order valence-electron chi connectivity index (χ2n) is 6.79. The molecule has 0 unspecified atom stereocenters. The Bertz CT molecular complexity index is 824. The molecule has 0 bridgehead atoms. The van der Waals surface area contributed by atoms with E-state index in [-0.39, 0.29) is 24.2 Å². The molecule has 2 aromatic rings. The molecule has 1 amide bonds. The van der Waals surface area contributed by atoms with E-state index < -0.39 is 5.56 Å². The molecule has 3 N–H and O–H groups in total. The number of furan rings is 1. The zero-order chi connectivity index (χ0) is 18.0. The van der Waals surface area contributed by atoms with Crippen LogP contribution in [0.2, 0.25) is 0 Å². The van der Waals surface area contributed by atoms with E-state index in [0.29, 0.717) is 17.4 Å². The number of anilines is 1.